The first-order valence-electron chi connectivity index (χ1n) is 10.5. The summed E-state index contributed by atoms with van der Waals surface area (Å²) in [6.45, 7) is 0. The number of H-pyrrole nitrogens is 1. The number of nitrogens with one attached hydrogen (secondary N) is 2. The molecule has 5 atom stereocenters. The molecule has 0 unspecified atom stereocenters. The molecule has 2 amide bonds. The Hall–Kier alpha value is -3.51. The summed E-state index contributed by atoms with van der Waals surface area (Å²) in [5.74, 6) is -1.86. The minimum absolute atomic E-state index is 0.110. The van der Waals surface area contributed by atoms with Gasteiger partial charge in [-0.25, -0.2) is 0 Å². The van der Waals surface area contributed by atoms with E-state index in [1.165, 1.54) is 0 Å². The van der Waals surface area contributed by atoms with Gasteiger partial charge in [-0.2, -0.15) is 0 Å². The lowest BCUT2D eigenvalue weighted by Gasteiger charge is -2.55. The smallest absolute Gasteiger partial charge is 0.253 e. The van der Waals surface area contributed by atoms with Crippen LogP contribution < -0.4 is 10.9 Å². The number of aromatic amines is 1. The fourth-order valence-electron chi connectivity index (χ4n) is 6.10. The number of pyridine rings is 1. The highest BCUT2D eigenvalue weighted by molar-refractivity contribution is 6.07. The number of hydrogen-bond acceptors (Lipinski definition) is 4. The van der Waals surface area contributed by atoms with Crippen molar-refractivity contribution < 1.29 is 9.59 Å². The standard InChI is InChI=1S/C25H21N3O3/c1-28-21(14-10-6-3-7-11-14)17-16-15(13-8-4-2-5-9-13)12-26-23(29)19(16)22(28)20-18(17)24(30)27-25(20)31/h2-12,17-18,20-22H,1H3,(H,26,29)(H,27,30,31)/t17-,18+,20+,21-,22+/m0/s1. The Morgan fingerprint density at radius 1 is 0.742 bits per heavy atom. The molecule has 7 rings (SSSR count). The SMILES string of the molecule is CN1[C@@H]2c3c(c(-c4ccccc4)c[nH]c3=O)[C@@H]([C@H]3C(=O)NC(=O)[C@H]32)[C@@H]1c1ccccc1. The molecule has 154 valence electrons. The molecule has 1 aromatic heterocycles. The van der Waals surface area contributed by atoms with E-state index in [1.54, 1.807) is 6.20 Å². The van der Waals surface area contributed by atoms with E-state index in [0.29, 0.717) is 5.56 Å². The van der Waals surface area contributed by atoms with E-state index in [0.717, 1.165) is 22.3 Å². The first-order chi connectivity index (χ1) is 15.1. The number of benzene rings is 2. The molecule has 0 saturated carbocycles. The van der Waals surface area contributed by atoms with E-state index in [9.17, 15) is 14.4 Å². The molecule has 2 bridgehead atoms. The van der Waals surface area contributed by atoms with Crippen LogP contribution in [0.3, 0.4) is 0 Å². The number of aromatic nitrogens is 1. The summed E-state index contributed by atoms with van der Waals surface area (Å²) in [5.41, 5.74) is 4.32. The predicted octanol–water partition coefficient (Wildman–Crippen LogP) is 2.76. The van der Waals surface area contributed by atoms with E-state index in [-0.39, 0.29) is 29.3 Å². The minimum atomic E-state index is -0.554. The van der Waals surface area contributed by atoms with Crippen LogP contribution in [-0.2, 0) is 9.59 Å². The quantitative estimate of drug-likeness (QED) is 0.636. The summed E-state index contributed by atoms with van der Waals surface area (Å²) in [7, 11) is 1.96. The third-order valence-electron chi connectivity index (χ3n) is 7.21. The Bertz CT molecular complexity index is 1270. The van der Waals surface area contributed by atoms with Crippen molar-refractivity contribution in [2.45, 2.75) is 18.0 Å². The normalized spacial score (nSPS) is 28.9. The lowest BCUT2D eigenvalue weighted by Crippen LogP contribution is -2.55. The van der Waals surface area contributed by atoms with E-state index in [1.807, 2.05) is 55.6 Å². The lowest BCUT2D eigenvalue weighted by atomic mass is 9.58. The van der Waals surface area contributed by atoms with Gasteiger partial charge in [0, 0.05) is 29.3 Å². The van der Waals surface area contributed by atoms with Crippen molar-refractivity contribution in [2.24, 2.45) is 11.8 Å². The van der Waals surface area contributed by atoms with E-state index >= 15 is 0 Å². The summed E-state index contributed by atoms with van der Waals surface area (Å²) in [6.07, 6.45) is 1.75. The zero-order valence-electron chi connectivity index (χ0n) is 16.9. The number of hydrogen-bond donors (Lipinski definition) is 2. The van der Waals surface area contributed by atoms with Gasteiger partial charge in [0.2, 0.25) is 11.8 Å². The van der Waals surface area contributed by atoms with Crippen LogP contribution in [0.2, 0.25) is 0 Å². The van der Waals surface area contributed by atoms with Gasteiger partial charge in [0.05, 0.1) is 17.9 Å². The molecule has 31 heavy (non-hydrogen) atoms. The molecule has 6 heteroatoms. The maximum atomic E-state index is 13.1. The van der Waals surface area contributed by atoms with Crippen LogP contribution in [0.25, 0.3) is 11.1 Å². The number of carbonyl (C=O) groups excluding carboxylic acids is 2. The van der Waals surface area contributed by atoms with Gasteiger partial charge in [-0.1, -0.05) is 60.7 Å². The number of fused-ring (bicyclic) bond motifs is 1. The molecule has 2 saturated heterocycles. The third-order valence-corrected chi connectivity index (χ3v) is 7.21. The summed E-state index contributed by atoms with van der Waals surface area (Å²) >= 11 is 0. The van der Waals surface area contributed by atoms with Crippen molar-refractivity contribution in [3.8, 4) is 11.1 Å². The maximum Gasteiger partial charge on any atom is 0.253 e. The Balaban J connectivity index is 1.68. The number of imide groups is 1. The van der Waals surface area contributed by atoms with Gasteiger partial charge in [0.25, 0.3) is 5.56 Å². The lowest BCUT2D eigenvalue weighted by molar-refractivity contribution is -0.130. The zero-order valence-corrected chi connectivity index (χ0v) is 16.9. The van der Waals surface area contributed by atoms with Gasteiger partial charge in [-0.3, -0.25) is 24.6 Å². The van der Waals surface area contributed by atoms with E-state index < -0.39 is 17.9 Å². The van der Waals surface area contributed by atoms with Crippen molar-refractivity contribution in [2.75, 3.05) is 7.05 Å². The molecule has 1 aliphatic carbocycles. The molecule has 2 N–H and O–H groups in total. The molecule has 0 spiro atoms. The first kappa shape index (κ1) is 18.3. The number of nitrogens with zero attached hydrogens (tertiary/aromatic N) is 1. The second kappa shape index (κ2) is 6.49. The number of rotatable bonds is 2. The summed E-state index contributed by atoms with van der Waals surface area (Å²) in [4.78, 5) is 43.9. The molecule has 3 aliphatic heterocycles. The Morgan fingerprint density at radius 3 is 2.10 bits per heavy atom. The van der Waals surface area contributed by atoms with Crippen LogP contribution in [0.1, 0.15) is 34.7 Å². The number of piperidine rings is 1. The van der Waals surface area contributed by atoms with Crippen molar-refractivity contribution in [3.05, 3.63) is 93.9 Å². The number of amides is 2. The third kappa shape index (κ3) is 2.39. The summed E-state index contributed by atoms with van der Waals surface area (Å²) < 4.78 is 0. The minimum Gasteiger partial charge on any atom is -0.328 e. The fraction of sp³-hybridized carbons (Fsp3) is 0.240. The van der Waals surface area contributed by atoms with Crippen molar-refractivity contribution in [3.63, 3.8) is 0 Å². The molecule has 4 aliphatic rings. The zero-order chi connectivity index (χ0) is 21.3. The van der Waals surface area contributed by atoms with Gasteiger partial charge in [0.15, 0.2) is 0 Å². The maximum absolute atomic E-state index is 13.1. The van der Waals surface area contributed by atoms with Gasteiger partial charge >= 0.3 is 0 Å². The topological polar surface area (TPSA) is 82.3 Å². The second-order valence-electron chi connectivity index (χ2n) is 8.62. The van der Waals surface area contributed by atoms with Gasteiger partial charge in [-0.05, 0) is 23.7 Å². The molecular formula is C25H21N3O3. The molecule has 2 fully saturated rings. The summed E-state index contributed by atoms with van der Waals surface area (Å²) in [6, 6.07) is 19.4. The van der Waals surface area contributed by atoms with E-state index in [2.05, 4.69) is 27.3 Å². The molecular weight excluding hydrogens is 390 g/mol. The average Bonchev–Trinajstić information content (AvgIpc) is 3.10. The van der Waals surface area contributed by atoms with Crippen molar-refractivity contribution in [1.29, 1.82) is 0 Å². The Kier molecular flexibility index (Phi) is 3.83. The van der Waals surface area contributed by atoms with Gasteiger partial charge in [0.1, 0.15) is 0 Å². The second-order valence-corrected chi connectivity index (χ2v) is 8.62. The van der Waals surface area contributed by atoms with Gasteiger partial charge < -0.3 is 4.98 Å². The van der Waals surface area contributed by atoms with E-state index in [4.69, 9.17) is 0 Å². The molecule has 4 heterocycles. The molecule has 2 aromatic carbocycles. The van der Waals surface area contributed by atoms with Crippen LogP contribution in [0.15, 0.2) is 71.7 Å². The highest BCUT2D eigenvalue weighted by atomic mass is 16.2. The molecule has 0 radical (unpaired) electrons. The molecule has 6 nitrogen and oxygen atoms in total. The van der Waals surface area contributed by atoms with Crippen molar-refractivity contribution >= 4 is 11.8 Å². The van der Waals surface area contributed by atoms with Gasteiger partial charge in [-0.15, -0.1) is 0 Å². The van der Waals surface area contributed by atoms with Crippen LogP contribution >= 0.6 is 0 Å². The first-order valence-corrected chi connectivity index (χ1v) is 10.5. The fourth-order valence-corrected chi connectivity index (χ4v) is 6.10. The average molecular weight is 411 g/mol. The molecule has 3 aromatic rings. The van der Waals surface area contributed by atoms with Crippen LogP contribution in [0, 0.1) is 11.8 Å². The largest absolute Gasteiger partial charge is 0.328 e. The monoisotopic (exact) mass is 411 g/mol. The predicted molar refractivity (Wildman–Crippen MR) is 115 cm³/mol. The van der Waals surface area contributed by atoms with Crippen LogP contribution in [0.5, 0.6) is 0 Å². The van der Waals surface area contributed by atoms with Crippen LogP contribution in [0.4, 0.5) is 0 Å². The van der Waals surface area contributed by atoms with Crippen LogP contribution in [-0.4, -0.2) is 28.7 Å². The number of carbonyl (C=O) groups is 2. The highest BCUT2D eigenvalue weighted by Gasteiger charge is 2.63. The Morgan fingerprint density at radius 2 is 1.39 bits per heavy atom. The van der Waals surface area contributed by atoms with Crippen molar-refractivity contribution in [1.82, 2.24) is 15.2 Å². The Labute approximate surface area is 178 Å². The highest BCUT2D eigenvalue weighted by Crippen LogP contribution is 2.62. The summed E-state index contributed by atoms with van der Waals surface area (Å²) in [5, 5.41) is 2.55. The number of likely N-dealkylation sites (N-methyl/N-ethyl adjacent to an activating group) is 1.